The first kappa shape index (κ1) is 28.3. The number of benzene rings is 7. The van der Waals surface area contributed by atoms with Gasteiger partial charge < -0.3 is 8.98 Å². The Labute approximate surface area is 288 Å². The molecule has 0 aliphatic rings. The van der Waals surface area contributed by atoms with Crippen molar-refractivity contribution in [2.45, 2.75) is 0 Å². The lowest BCUT2D eigenvalue weighted by molar-refractivity contribution is 0.669. The summed E-state index contributed by atoms with van der Waals surface area (Å²) >= 11 is 0. The highest BCUT2D eigenvalue weighted by molar-refractivity contribution is 6.15. The Balaban J connectivity index is 1.26. The van der Waals surface area contributed by atoms with Crippen LogP contribution in [-0.4, -0.2) is 14.5 Å². The van der Waals surface area contributed by atoms with Crippen molar-refractivity contribution < 1.29 is 4.42 Å². The van der Waals surface area contributed by atoms with E-state index in [9.17, 15) is 0 Å². The number of fused-ring (bicyclic) bond motifs is 6. The SMILES string of the molecule is c1ccc(-c2cc(-c3ccccc3)nc(-c3cc(-c4ccc5c6ccccc6n(-c6ccccc6)c5c4)c4c(c3)oc3ccccc34)n2)cc1. The van der Waals surface area contributed by atoms with Crippen LogP contribution in [0.2, 0.25) is 0 Å². The molecule has 0 amide bonds. The number of furan rings is 1. The van der Waals surface area contributed by atoms with Crippen molar-refractivity contribution in [2.24, 2.45) is 0 Å². The Hall–Kier alpha value is -6.78. The van der Waals surface area contributed by atoms with E-state index < -0.39 is 0 Å². The average Bonchev–Trinajstić information content (AvgIpc) is 3.74. The zero-order chi connectivity index (χ0) is 33.0. The smallest absolute Gasteiger partial charge is 0.160 e. The monoisotopic (exact) mass is 639 g/mol. The zero-order valence-electron chi connectivity index (χ0n) is 27.0. The fourth-order valence-electron chi connectivity index (χ4n) is 7.29. The lowest BCUT2D eigenvalue weighted by atomic mass is 9.95. The largest absolute Gasteiger partial charge is 0.456 e. The maximum atomic E-state index is 6.57. The summed E-state index contributed by atoms with van der Waals surface area (Å²) in [5.41, 5.74) is 12.0. The highest BCUT2D eigenvalue weighted by Gasteiger charge is 2.20. The Bertz CT molecular complexity index is 2800. The average molecular weight is 640 g/mol. The molecule has 10 rings (SSSR count). The normalized spacial score (nSPS) is 11.6. The third kappa shape index (κ3) is 4.61. The van der Waals surface area contributed by atoms with Gasteiger partial charge in [0.05, 0.1) is 22.4 Å². The van der Waals surface area contributed by atoms with Gasteiger partial charge in [0.2, 0.25) is 0 Å². The van der Waals surface area contributed by atoms with E-state index in [1.165, 1.54) is 16.3 Å². The van der Waals surface area contributed by atoms with Crippen LogP contribution in [0, 0.1) is 0 Å². The maximum absolute atomic E-state index is 6.57. The van der Waals surface area contributed by atoms with Crippen molar-refractivity contribution in [3.63, 3.8) is 0 Å². The van der Waals surface area contributed by atoms with Gasteiger partial charge >= 0.3 is 0 Å². The molecule has 234 valence electrons. The van der Waals surface area contributed by atoms with Crippen molar-refractivity contribution in [1.29, 1.82) is 0 Å². The van der Waals surface area contributed by atoms with E-state index in [0.717, 1.165) is 72.3 Å². The molecule has 0 aliphatic carbocycles. The molecule has 0 atom stereocenters. The van der Waals surface area contributed by atoms with E-state index >= 15 is 0 Å². The van der Waals surface area contributed by atoms with Crippen LogP contribution >= 0.6 is 0 Å². The fraction of sp³-hybridized carbons (Fsp3) is 0. The van der Waals surface area contributed by atoms with Crippen molar-refractivity contribution in [2.75, 3.05) is 0 Å². The van der Waals surface area contributed by atoms with E-state index in [1.807, 2.05) is 48.5 Å². The summed E-state index contributed by atoms with van der Waals surface area (Å²) in [5.74, 6) is 0.647. The van der Waals surface area contributed by atoms with E-state index in [0.29, 0.717) is 5.82 Å². The van der Waals surface area contributed by atoms with Gasteiger partial charge in [-0.15, -0.1) is 0 Å². The zero-order valence-corrected chi connectivity index (χ0v) is 27.0. The third-order valence-electron chi connectivity index (χ3n) is 9.60. The first-order valence-electron chi connectivity index (χ1n) is 16.8. The molecule has 10 aromatic rings. The molecule has 4 heteroatoms. The molecule has 0 fully saturated rings. The highest BCUT2D eigenvalue weighted by Crippen LogP contribution is 2.42. The molecule has 3 heterocycles. The number of rotatable bonds is 5. The van der Waals surface area contributed by atoms with E-state index in [4.69, 9.17) is 14.4 Å². The van der Waals surface area contributed by atoms with Crippen molar-refractivity contribution >= 4 is 43.7 Å². The van der Waals surface area contributed by atoms with Crippen LogP contribution < -0.4 is 0 Å². The van der Waals surface area contributed by atoms with Gasteiger partial charge in [-0.05, 0) is 59.7 Å². The van der Waals surface area contributed by atoms with Crippen LogP contribution in [0.4, 0.5) is 0 Å². The second-order valence-electron chi connectivity index (χ2n) is 12.6. The fourth-order valence-corrected chi connectivity index (χ4v) is 7.29. The quantitative estimate of drug-likeness (QED) is 0.188. The summed E-state index contributed by atoms with van der Waals surface area (Å²) in [6.07, 6.45) is 0. The number of nitrogens with zero attached hydrogens (tertiary/aromatic N) is 3. The highest BCUT2D eigenvalue weighted by atomic mass is 16.3. The molecule has 50 heavy (non-hydrogen) atoms. The van der Waals surface area contributed by atoms with Crippen LogP contribution in [0.15, 0.2) is 180 Å². The predicted octanol–water partition coefficient (Wildman–Crippen LogP) is 12.1. The second kappa shape index (κ2) is 11.4. The van der Waals surface area contributed by atoms with E-state index in [1.54, 1.807) is 0 Å². The van der Waals surface area contributed by atoms with Crippen molar-refractivity contribution in [3.8, 4) is 50.7 Å². The summed E-state index contributed by atoms with van der Waals surface area (Å²) in [4.78, 5) is 10.3. The molecule has 0 radical (unpaired) electrons. The predicted molar refractivity (Wildman–Crippen MR) is 205 cm³/mol. The standard InChI is InChI=1S/C46H29N3O/c1-4-14-30(15-5-1)39-29-40(31-16-6-2-7-17-31)48-46(47-39)33-26-38(45-37-21-11-13-23-43(37)50-44(45)28-33)32-24-25-36-35-20-10-12-22-41(35)49(42(36)27-32)34-18-8-3-9-19-34/h1-29H. The van der Waals surface area contributed by atoms with Gasteiger partial charge in [0.25, 0.3) is 0 Å². The van der Waals surface area contributed by atoms with Gasteiger partial charge in [-0.1, -0.05) is 127 Å². The van der Waals surface area contributed by atoms with E-state index in [-0.39, 0.29) is 0 Å². The minimum absolute atomic E-state index is 0.647. The molecule has 0 saturated heterocycles. The molecular formula is C46H29N3O. The molecule has 3 aromatic heterocycles. The summed E-state index contributed by atoms with van der Waals surface area (Å²) in [6.45, 7) is 0. The van der Waals surface area contributed by atoms with Crippen LogP contribution in [0.25, 0.3) is 94.5 Å². The third-order valence-corrected chi connectivity index (χ3v) is 9.60. The van der Waals surface area contributed by atoms with Gasteiger partial charge in [-0.2, -0.15) is 0 Å². The van der Waals surface area contributed by atoms with Crippen LogP contribution in [-0.2, 0) is 0 Å². The van der Waals surface area contributed by atoms with Gasteiger partial charge in [0, 0.05) is 43.9 Å². The second-order valence-corrected chi connectivity index (χ2v) is 12.6. The molecule has 0 spiro atoms. The van der Waals surface area contributed by atoms with Crippen LogP contribution in [0.1, 0.15) is 0 Å². The van der Waals surface area contributed by atoms with Crippen LogP contribution in [0.3, 0.4) is 0 Å². The Morgan fingerprint density at radius 3 is 1.72 bits per heavy atom. The minimum Gasteiger partial charge on any atom is -0.456 e. The molecule has 0 aliphatic heterocycles. The summed E-state index contributed by atoms with van der Waals surface area (Å²) < 4.78 is 8.94. The van der Waals surface area contributed by atoms with Crippen molar-refractivity contribution in [3.05, 3.63) is 176 Å². The molecule has 0 unspecified atom stereocenters. The van der Waals surface area contributed by atoms with Gasteiger partial charge in [0.1, 0.15) is 11.2 Å². The molecule has 4 nitrogen and oxygen atoms in total. The Kier molecular flexibility index (Phi) is 6.46. The molecule has 7 aromatic carbocycles. The summed E-state index contributed by atoms with van der Waals surface area (Å²) in [7, 11) is 0. The van der Waals surface area contributed by atoms with Gasteiger partial charge in [-0.3, -0.25) is 0 Å². The first-order chi connectivity index (χ1) is 24.8. The number of para-hydroxylation sites is 3. The Morgan fingerprint density at radius 2 is 1.00 bits per heavy atom. The lowest BCUT2D eigenvalue weighted by Crippen LogP contribution is -1.96. The Morgan fingerprint density at radius 1 is 0.400 bits per heavy atom. The number of aromatic nitrogens is 3. The summed E-state index contributed by atoms with van der Waals surface area (Å²) in [5, 5.41) is 4.60. The number of hydrogen-bond donors (Lipinski definition) is 0. The topological polar surface area (TPSA) is 43.9 Å². The molecular weight excluding hydrogens is 611 g/mol. The summed E-state index contributed by atoms with van der Waals surface area (Å²) in [6, 6.07) is 61.3. The lowest BCUT2D eigenvalue weighted by Gasteiger charge is -2.12. The van der Waals surface area contributed by atoms with Gasteiger partial charge in [0.15, 0.2) is 5.82 Å². The van der Waals surface area contributed by atoms with E-state index in [2.05, 4.69) is 132 Å². The molecule has 0 N–H and O–H groups in total. The van der Waals surface area contributed by atoms with Crippen LogP contribution in [0.5, 0.6) is 0 Å². The van der Waals surface area contributed by atoms with Gasteiger partial charge in [-0.25, -0.2) is 9.97 Å². The first-order valence-corrected chi connectivity index (χ1v) is 16.8. The molecule has 0 bridgehead atoms. The van der Waals surface area contributed by atoms with Crippen molar-refractivity contribution in [1.82, 2.24) is 14.5 Å². The minimum atomic E-state index is 0.647. The number of hydrogen-bond acceptors (Lipinski definition) is 3. The maximum Gasteiger partial charge on any atom is 0.160 e. The molecule has 0 saturated carbocycles.